The molecule has 0 aliphatic carbocycles. The van der Waals surface area contributed by atoms with E-state index in [1.165, 1.54) is 14.7 Å². The average Bonchev–Trinajstić information content (AvgIpc) is 3.32. The van der Waals surface area contributed by atoms with E-state index in [9.17, 15) is 8.42 Å². The zero-order valence-corrected chi connectivity index (χ0v) is 16.5. The van der Waals surface area contributed by atoms with Crippen molar-refractivity contribution in [2.24, 2.45) is 0 Å². The molecule has 25 heavy (non-hydrogen) atoms. The van der Waals surface area contributed by atoms with Crippen molar-refractivity contribution in [1.29, 1.82) is 0 Å². The second-order valence-corrected chi connectivity index (χ2v) is 9.99. The van der Waals surface area contributed by atoms with Gasteiger partial charge in [-0.1, -0.05) is 6.07 Å². The quantitative estimate of drug-likeness (QED) is 0.656. The summed E-state index contributed by atoms with van der Waals surface area (Å²) in [4.78, 5) is 6.01. The molecule has 1 aliphatic rings. The van der Waals surface area contributed by atoms with Gasteiger partial charge < -0.3 is 0 Å². The maximum atomic E-state index is 12.2. The Kier molecular flexibility index (Phi) is 4.17. The molecule has 130 valence electrons. The number of aryl methyl sites for hydroxylation is 1. The molecule has 0 bridgehead atoms. The minimum Gasteiger partial charge on any atom is -0.270 e. The van der Waals surface area contributed by atoms with Gasteiger partial charge in [0, 0.05) is 17.5 Å². The normalized spacial score (nSPS) is 14.1. The summed E-state index contributed by atoms with van der Waals surface area (Å²) in [5.74, 6) is 0.129. The standard InChI is InChI=1S/C18H18N2O2S3/c1-3-25(21,22)20-8-6-14-10-13(4-5-16(14)20)15-11-24-18(19-15)17-12(2)7-9-23-17/h4-5,7,9-11H,3,6,8H2,1-2H3. The number of rotatable bonds is 4. The predicted molar refractivity (Wildman–Crippen MR) is 106 cm³/mol. The van der Waals surface area contributed by atoms with Crippen LogP contribution in [0.25, 0.3) is 21.1 Å². The van der Waals surface area contributed by atoms with Gasteiger partial charge in [-0.2, -0.15) is 0 Å². The Morgan fingerprint density at radius 3 is 2.80 bits per heavy atom. The molecular weight excluding hydrogens is 372 g/mol. The number of hydrogen-bond acceptors (Lipinski definition) is 5. The Bertz CT molecular complexity index is 1030. The van der Waals surface area contributed by atoms with Gasteiger partial charge in [0.1, 0.15) is 5.01 Å². The van der Waals surface area contributed by atoms with Gasteiger partial charge in [0.05, 0.1) is 22.0 Å². The van der Waals surface area contributed by atoms with Crippen molar-refractivity contribution in [1.82, 2.24) is 4.98 Å². The van der Waals surface area contributed by atoms with Crippen LogP contribution in [0.2, 0.25) is 0 Å². The first-order chi connectivity index (χ1) is 12.0. The molecule has 1 aliphatic heterocycles. The highest BCUT2D eigenvalue weighted by Crippen LogP contribution is 2.37. The lowest BCUT2D eigenvalue weighted by molar-refractivity contribution is 0.593. The van der Waals surface area contributed by atoms with Crippen molar-refractivity contribution in [3.8, 4) is 21.1 Å². The van der Waals surface area contributed by atoms with E-state index in [0.717, 1.165) is 33.9 Å². The third kappa shape index (κ3) is 2.90. The summed E-state index contributed by atoms with van der Waals surface area (Å²) in [5.41, 5.74) is 5.14. The number of thiophene rings is 1. The van der Waals surface area contributed by atoms with Crippen LogP contribution in [0.3, 0.4) is 0 Å². The number of benzene rings is 1. The highest BCUT2D eigenvalue weighted by atomic mass is 32.2. The maximum Gasteiger partial charge on any atom is 0.234 e. The van der Waals surface area contributed by atoms with Gasteiger partial charge in [0.15, 0.2) is 0 Å². The van der Waals surface area contributed by atoms with Gasteiger partial charge in [0.2, 0.25) is 10.0 Å². The van der Waals surface area contributed by atoms with Crippen molar-refractivity contribution in [3.05, 3.63) is 46.2 Å². The van der Waals surface area contributed by atoms with Crippen molar-refractivity contribution in [3.63, 3.8) is 0 Å². The van der Waals surface area contributed by atoms with Crippen molar-refractivity contribution >= 4 is 38.4 Å². The van der Waals surface area contributed by atoms with Gasteiger partial charge in [-0.25, -0.2) is 13.4 Å². The summed E-state index contributed by atoms with van der Waals surface area (Å²) < 4.78 is 25.9. The number of thiazole rings is 1. The fraction of sp³-hybridized carbons (Fsp3) is 0.278. The molecule has 2 aromatic heterocycles. The summed E-state index contributed by atoms with van der Waals surface area (Å²) in [5, 5.41) is 5.20. The summed E-state index contributed by atoms with van der Waals surface area (Å²) in [7, 11) is -3.20. The molecule has 4 rings (SSSR count). The molecular formula is C18H18N2O2S3. The third-order valence-corrected chi connectivity index (χ3v) is 8.28. The molecule has 0 saturated carbocycles. The van der Waals surface area contributed by atoms with E-state index >= 15 is 0 Å². The molecule has 0 atom stereocenters. The molecule has 4 nitrogen and oxygen atoms in total. The fourth-order valence-electron chi connectivity index (χ4n) is 3.08. The van der Waals surface area contributed by atoms with E-state index in [2.05, 4.69) is 29.8 Å². The Morgan fingerprint density at radius 1 is 1.24 bits per heavy atom. The minimum absolute atomic E-state index is 0.129. The maximum absolute atomic E-state index is 12.2. The van der Waals surface area contributed by atoms with Gasteiger partial charge in [-0.3, -0.25) is 4.31 Å². The van der Waals surface area contributed by atoms with Crippen LogP contribution in [-0.2, 0) is 16.4 Å². The first-order valence-electron chi connectivity index (χ1n) is 8.13. The Labute approximate surface area is 155 Å². The first kappa shape index (κ1) is 16.8. The van der Waals surface area contributed by atoms with Crippen molar-refractivity contribution in [2.75, 3.05) is 16.6 Å². The molecule has 0 spiro atoms. The van der Waals surface area contributed by atoms with Gasteiger partial charge in [0.25, 0.3) is 0 Å². The van der Waals surface area contributed by atoms with Crippen LogP contribution in [0.15, 0.2) is 35.0 Å². The number of nitrogens with zero attached hydrogens (tertiary/aromatic N) is 2. The predicted octanol–water partition coefficient (Wildman–Crippen LogP) is 4.56. The van der Waals surface area contributed by atoms with E-state index in [4.69, 9.17) is 4.98 Å². The van der Waals surface area contributed by atoms with Crippen LogP contribution in [0, 0.1) is 6.92 Å². The molecule has 0 fully saturated rings. The molecule has 3 heterocycles. The zero-order chi connectivity index (χ0) is 17.6. The lowest BCUT2D eigenvalue weighted by Crippen LogP contribution is -2.30. The summed E-state index contributed by atoms with van der Waals surface area (Å²) >= 11 is 3.36. The van der Waals surface area contributed by atoms with E-state index < -0.39 is 10.0 Å². The van der Waals surface area contributed by atoms with E-state index in [0.29, 0.717) is 6.54 Å². The third-order valence-electron chi connectivity index (χ3n) is 4.49. The first-order valence-corrected chi connectivity index (χ1v) is 11.5. The smallest absolute Gasteiger partial charge is 0.234 e. The fourth-order valence-corrected chi connectivity index (χ4v) is 6.17. The van der Waals surface area contributed by atoms with Crippen molar-refractivity contribution < 1.29 is 8.42 Å². The van der Waals surface area contributed by atoms with Crippen LogP contribution >= 0.6 is 22.7 Å². The van der Waals surface area contributed by atoms with Crippen LogP contribution in [0.1, 0.15) is 18.1 Å². The lowest BCUT2D eigenvalue weighted by Gasteiger charge is -2.18. The van der Waals surface area contributed by atoms with Crippen LogP contribution < -0.4 is 4.31 Å². The van der Waals surface area contributed by atoms with Crippen molar-refractivity contribution in [2.45, 2.75) is 20.3 Å². The van der Waals surface area contributed by atoms with Gasteiger partial charge in [-0.05, 0) is 55.0 Å². The SMILES string of the molecule is CCS(=O)(=O)N1CCc2cc(-c3csc(-c4sccc4C)n3)ccc21. The van der Waals surface area contributed by atoms with Crippen LogP contribution in [0.5, 0.6) is 0 Å². The Morgan fingerprint density at radius 2 is 2.08 bits per heavy atom. The zero-order valence-electron chi connectivity index (χ0n) is 14.0. The highest BCUT2D eigenvalue weighted by molar-refractivity contribution is 7.92. The molecule has 0 N–H and O–H groups in total. The van der Waals surface area contributed by atoms with E-state index in [1.807, 2.05) is 12.1 Å². The van der Waals surface area contributed by atoms with E-state index in [1.54, 1.807) is 29.6 Å². The number of aromatic nitrogens is 1. The number of anilines is 1. The Hall–Kier alpha value is -1.70. The van der Waals surface area contributed by atoms with Gasteiger partial charge >= 0.3 is 0 Å². The summed E-state index contributed by atoms with van der Waals surface area (Å²) in [6.45, 7) is 4.32. The highest BCUT2D eigenvalue weighted by Gasteiger charge is 2.28. The second kappa shape index (κ2) is 6.23. The van der Waals surface area contributed by atoms with E-state index in [-0.39, 0.29) is 5.75 Å². The molecule has 0 saturated heterocycles. The minimum atomic E-state index is -3.20. The molecule has 0 unspecified atom stereocenters. The second-order valence-electron chi connectivity index (χ2n) is 6.04. The lowest BCUT2D eigenvalue weighted by atomic mass is 10.1. The largest absolute Gasteiger partial charge is 0.270 e. The molecule has 0 radical (unpaired) electrons. The summed E-state index contributed by atoms with van der Waals surface area (Å²) in [6, 6.07) is 8.09. The Balaban J connectivity index is 1.68. The monoisotopic (exact) mass is 390 g/mol. The van der Waals surface area contributed by atoms with Gasteiger partial charge in [-0.15, -0.1) is 22.7 Å². The summed E-state index contributed by atoms with van der Waals surface area (Å²) in [6.07, 6.45) is 0.753. The molecule has 7 heteroatoms. The van der Waals surface area contributed by atoms with Crippen LogP contribution in [-0.4, -0.2) is 25.7 Å². The topological polar surface area (TPSA) is 50.3 Å². The molecule has 3 aromatic rings. The average molecular weight is 391 g/mol. The molecule has 0 amide bonds. The number of sulfonamides is 1. The molecule has 1 aromatic carbocycles. The van der Waals surface area contributed by atoms with Crippen LogP contribution in [0.4, 0.5) is 5.69 Å². The number of hydrogen-bond donors (Lipinski definition) is 0. The number of fused-ring (bicyclic) bond motifs is 1.